The molecule has 0 spiro atoms. The molecule has 0 radical (unpaired) electrons. The number of aryl methyl sites for hydroxylation is 3. The van der Waals surface area contributed by atoms with Crippen LogP contribution in [-0.4, -0.2) is 37.0 Å². The van der Waals surface area contributed by atoms with Crippen LogP contribution in [0.2, 0.25) is 0 Å². The Hall–Kier alpha value is -4.19. The van der Waals surface area contributed by atoms with Crippen LogP contribution in [-0.2, 0) is 40.0 Å². The van der Waals surface area contributed by atoms with E-state index >= 15 is 0 Å². The number of fused-ring (bicyclic) bond motifs is 2. The quantitative estimate of drug-likeness (QED) is 0.142. The van der Waals surface area contributed by atoms with Gasteiger partial charge in [0.2, 0.25) is 0 Å². The van der Waals surface area contributed by atoms with Gasteiger partial charge < -0.3 is 19.3 Å². The summed E-state index contributed by atoms with van der Waals surface area (Å²) in [4.78, 5) is 11.4. The maximum absolute atomic E-state index is 11.4. The van der Waals surface area contributed by atoms with Crippen molar-refractivity contribution < 1.29 is 24.1 Å². The molecule has 5 heteroatoms. The number of carboxylic acid groups (broad SMARTS) is 1. The fourth-order valence-corrected chi connectivity index (χ4v) is 5.86. The zero-order chi connectivity index (χ0) is 30.7. The van der Waals surface area contributed by atoms with Gasteiger partial charge in [-0.2, -0.15) is 0 Å². The van der Waals surface area contributed by atoms with E-state index in [1.807, 2.05) is 24.3 Å². The standard InChI is InChI=1S/C39H42O5/c1-3-9-29-17-22-35-32(26-29)19-23-34-31(18-14-28-10-6-5-7-11-28)12-8-13-36(34)38(35)44-25-24-43-33-20-15-30(16-21-33)27-37(39(40)41)42-4-2/h5-8,10-13,15-17,19-23,26,37-38H,3-4,9,14,18,24-25,27H2,1-2H3,(H,40,41). The number of rotatable bonds is 15. The molecule has 0 bridgehead atoms. The number of hydrogen-bond acceptors (Lipinski definition) is 4. The number of carbonyl (C=O) groups is 1. The van der Waals surface area contributed by atoms with E-state index in [9.17, 15) is 9.90 Å². The molecule has 2 atom stereocenters. The van der Waals surface area contributed by atoms with E-state index < -0.39 is 12.1 Å². The molecule has 0 saturated heterocycles. The SMILES string of the molecule is CCCc1ccc2c(c1)C=Cc1c(CCc3ccccc3)cccc1C2OCCOc1ccc(CC(OCC)C(=O)O)cc1. The molecule has 0 amide bonds. The zero-order valence-electron chi connectivity index (χ0n) is 25.7. The molecule has 5 nitrogen and oxygen atoms in total. The van der Waals surface area contributed by atoms with Gasteiger partial charge in [0.15, 0.2) is 6.10 Å². The van der Waals surface area contributed by atoms with Crippen LogP contribution in [0.1, 0.15) is 70.9 Å². The molecular formula is C39H42O5. The van der Waals surface area contributed by atoms with Crippen molar-refractivity contribution in [3.8, 4) is 5.75 Å². The molecule has 1 aliphatic carbocycles. The van der Waals surface area contributed by atoms with E-state index in [2.05, 4.69) is 85.8 Å². The van der Waals surface area contributed by atoms with Gasteiger partial charge >= 0.3 is 5.97 Å². The van der Waals surface area contributed by atoms with Gasteiger partial charge in [0, 0.05) is 13.0 Å². The first-order chi connectivity index (χ1) is 21.6. The zero-order valence-corrected chi connectivity index (χ0v) is 25.7. The van der Waals surface area contributed by atoms with E-state index in [1.165, 1.54) is 38.9 Å². The van der Waals surface area contributed by atoms with Crippen LogP contribution < -0.4 is 4.74 Å². The van der Waals surface area contributed by atoms with Crippen LogP contribution >= 0.6 is 0 Å². The molecule has 0 heterocycles. The smallest absolute Gasteiger partial charge is 0.333 e. The third-order valence-corrected chi connectivity index (χ3v) is 8.06. The predicted molar refractivity (Wildman–Crippen MR) is 176 cm³/mol. The third kappa shape index (κ3) is 8.04. The summed E-state index contributed by atoms with van der Waals surface area (Å²) in [7, 11) is 0. The molecule has 1 N–H and O–H groups in total. The minimum absolute atomic E-state index is 0.208. The largest absolute Gasteiger partial charge is 0.491 e. The second kappa shape index (κ2) is 15.5. The fourth-order valence-electron chi connectivity index (χ4n) is 5.86. The van der Waals surface area contributed by atoms with Crippen molar-refractivity contribution in [3.05, 3.63) is 136 Å². The van der Waals surface area contributed by atoms with Crippen LogP contribution in [0.15, 0.2) is 91.0 Å². The average molecular weight is 591 g/mol. The van der Waals surface area contributed by atoms with Crippen LogP contribution in [0.4, 0.5) is 0 Å². The highest BCUT2D eigenvalue weighted by Crippen LogP contribution is 2.37. The van der Waals surface area contributed by atoms with Crippen molar-refractivity contribution in [2.45, 2.75) is 58.2 Å². The number of carboxylic acids is 1. The molecular weight excluding hydrogens is 548 g/mol. The van der Waals surface area contributed by atoms with Gasteiger partial charge in [-0.3, -0.25) is 0 Å². The molecule has 228 valence electrons. The van der Waals surface area contributed by atoms with Crippen molar-refractivity contribution in [2.75, 3.05) is 19.8 Å². The van der Waals surface area contributed by atoms with Crippen molar-refractivity contribution >= 4 is 18.1 Å². The number of benzene rings is 4. The van der Waals surface area contributed by atoms with Gasteiger partial charge in [-0.15, -0.1) is 0 Å². The van der Waals surface area contributed by atoms with Crippen LogP contribution in [0, 0.1) is 0 Å². The second-order valence-corrected chi connectivity index (χ2v) is 11.2. The minimum Gasteiger partial charge on any atom is -0.491 e. The van der Waals surface area contributed by atoms with E-state index in [4.69, 9.17) is 14.2 Å². The van der Waals surface area contributed by atoms with Gasteiger partial charge in [0.1, 0.15) is 18.5 Å². The molecule has 5 rings (SSSR count). The maximum atomic E-state index is 11.4. The molecule has 0 fully saturated rings. The number of ether oxygens (including phenoxy) is 3. The number of hydrogen-bond donors (Lipinski definition) is 1. The predicted octanol–water partition coefficient (Wildman–Crippen LogP) is 8.13. The topological polar surface area (TPSA) is 65.0 Å². The van der Waals surface area contributed by atoms with Crippen LogP contribution in [0.25, 0.3) is 12.2 Å². The Labute approximate surface area is 261 Å². The molecule has 0 aliphatic heterocycles. The minimum atomic E-state index is -0.953. The van der Waals surface area contributed by atoms with E-state index in [1.54, 1.807) is 6.92 Å². The van der Waals surface area contributed by atoms with Crippen molar-refractivity contribution in [1.82, 2.24) is 0 Å². The Morgan fingerprint density at radius 1 is 0.773 bits per heavy atom. The molecule has 4 aromatic rings. The molecule has 2 unspecified atom stereocenters. The summed E-state index contributed by atoms with van der Waals surface area (Å²) >= 11 is 0. The van der Waals surface area contributed by atoms with Crippen molar-refractivity contribution in [3.63, 3.8) is 0 Å². The van der Waals surface area contributed by atoms with Gasteiger partial charge in [0.05, 0.1) is 6.61 Å². The summed E-state index contributed by atoms with van der Waals surface area (Å²) in [5.41, 5.74) is 9.69. The van der Waals surface area contributed by atoms with Gasteiger partial charge in [-0.05, 0) is 82.8 Å². The summed E-state index contributed by atoms with van der Waals surface area (Å²) in [5, 5.41) is 9.37. The van der Waals surface area contributed by atoms with E-state index in [0.717, 1.165) is 37.0 Å². The molecule has 0 aromatic heterocycles. The lowest BCUT2D eigenvalue weighted by Gasteiger charge is -2.23. The fraction of sp³-hybridized carbons (Fsp3) is 0.308. The summed E-state index contributed by atoms with van der Waals surface area (Å²) in [6.45, 7) is 5.18. The summed E-state index contributed by atoms with van der Waals surface area (Å²) in [6, 6.07) is 31.5. The van der Waals surface area contributed by atoms with Gasteiger partial charge in [-0.25, -0.2) is 4.79 Å². The normalized spacial score (nSPS) is 14.4. The Bertz CT molecular complexity index is 1540. The molecule has 1 aliphatic rings. The highest BCUT2D eigenvalue weighted by atomic mass is 16.5. The lowest BCUT2D eigenvalue weighted by molar-refractivity contribution is -0.149. The monoisotopic (exact) mass is 590 g/mol. The summed E-state index contributed by atoms with van der Waals surface area (Å²) in [5.74, 6) is -0.234. The van der Waals surface area contributed by atoms with E-state index in [0.29, 0.717) is 26.2 Å². The lowest BCUT2D eigenvalue weighted by atomic mass is 9.91. The molecule has 44 heavy (non-hydrogen) atoms. The van der Waals surface area contributed by atoms with Gasteiger partial charge in [0.25, 0.3) is 0 Å². The maximum Gasteiger partial charge on any atom is 0.333 e. The molecule has 4 aromatic carbocycles. The third-order valence-electron chi connectivity index (χ3n) is 8.06. The first kappa shape index (κ1) is 31.2. The number of aliphatic carboxylic acids is 1. The second-order valence-electron chi connectivity index (χ2n) is 11.2. The van der Waals surface area contributed by atoms with Gasteiger partial charge in [-0.1, -0.05) is 104 Å². The first-order valence-corrected chi connectivity index (χ1v) is 15.7. The molecule has 0 saturated carbocycles. The Morgan fingerprint density at radius 3 is 2.32 bits per heavy atom. The van der Waals surface area contributed by atoms with E-state index in [-0.39, 0.29) is 6.10 Å². The Balaban J connectivity index is 1.30. The Morgan fingerprint density at radius 2 is 1.57 bits per heavy atom. The van der Waals surface area contributed by atoms with Crippen LogP contribution in [0.5, 0.6) is 5.75 Å². The highest BCUT2D eigenvalue weighted by molar-refractivity contribution is 5.78. The van der Waals surface area contributed by atoms with Crippen molar-refractivity contribution in [1.29, 1.82) is 0 Å². The van der Waals surface area contributed by atoms with Crippen LogP contribution in [0.3, 0.4) is 0 Å². The van der Waals surface area contributed by atoms with Crippen molar-refractivity contribution in [2.24, 2.45) is 0 Å². The lowest BCUT2D eigenvalue weighted by Crippen LogP contribution is -2.26. The summed E-state index contributed by atoms with van der Waals surface area (Å²) < 4.78 is 18.0. The Kier molecular flexibility index (Phi) is 11.0. The highest BCUT2D eigenvalue weighted by Gasteiger charge is 2.24. The first-order valence-electron chi connectivity index (χ1n) is 15.7. The average Bonchev–Trinajstić information content (AvgIpc) is 3.20. The summed E-state index contributed by atoms with van der Waals surface area (Å²) in [6.07, 6.45) is 7.88.